The molecule has 0 unspecified atom stereocenters. The quantitative estimate of drug-likeness (QED) is 0.668. The second-order valence-corrected chi connectivity index (χ2v) is 5.13. The van der Waals surface area contributed by atoms with E-state index in [2.05, 4.69) is 0 Å². The third-order valence-electron chi connectivity index (χ3n) is 3.41. The highest BCUT2D eigenvalue weighted by Gasteiger charge is 2.35. The maximum Gasteiger partial charge on any atom is 0.240 e. The number of rotatable bonds is 5. The van der Waals surface area contributed by atoms with E-state index >= 15 is 0 Å². The van der Waals surface area contributed by atoms with Crippen molar-refractivity contribution in [1.29, 1.82) is 0 Å². The number of likely N-dealkylation sites (N-methyl/N-ethyl adjacent to an activating group) is 1. The second-order valence-electron chi connectivity index (χ2n) is 5.13. The first-order valence-corrected chi connectivity index (χ1v) is 6.13. The number of nitrogens with zero attached hydrogens (tertiary/aromatic N) is 2. The van der Waals surface area contributed by atoms with Crippen molar-refractivity contribution in [2.45, 2.75) is 26.3 Å². The summed E-state index contributed by atoms with van der Waals surface area (Å²) >= 11 is 0. The van der Waals surface area contributed by atoms with Crippen LogP contribution in [0.15, 0.2) is 0 Å². The molecule has 1 aliphatic heterocycles. The zero-order valence-electron chi connectivity index (χ0n) is 11.1. The lowest BCUT2D eigenvalue weighted by Crippen LogP contribution is -2.50. The maximum absolute atomic E-state index is 12.2. The van der Waals surface area contributed by atoms with E-state index in [0.717, 1.165) is 6.41 Å². The van der Waals surface area contributed by atoms with Crippen molar-refractivity contribution in [2.75, 3.05) is 20.1 Å². The van der Waals surface area contributed by atoms with Crippen LogP contribution in [0.5, 0.6) is 0 Å². The largest absolute Gasteiger partial charge is 0.368 e. The minimum atomic E-state index is -0.595. The van der Waals surface area contributed by atoms with E-state index in [1.807, 2.05) is 13.8 Å². The van der Waals surface area contributed by atoms with Crippen molar-refractivity contribution in [1.82, 2.24) is 9.80 Å². The van der Waals surface area contributed by atoms with Gasteiger partial charge < -0.3 is 15.5 Å². The minimum absolute atomic E-state index is 0.0278. The Morgan fingerprint density at radius 1 is 1.44 bits per heavy atom. The SMILES string of the molecule is CC(C)[C@@H](C(N)=O)N(C)C(=O)[C@H]1CCN(C=O)C1. The first-order valence-electron chi connectivity index (χ1n) is 6.13. The van der Waals surface area contributed by atoms with Gasteiger partial charge in [0.15, 0.2) is 0 Å². The summed E-state index contributed by atoms with van der Waals surface area (Å²) in [4.78, 5) is 37.2. The fourth-order valence-corrected chi connectivity index (χ4v) is 2.48. The lowest BCUT2D eigenvalue weighted by Gasteiger charge is -2.30. The summed E-state index contributed by atoms with van der Waals surface area (Å²) in [7, 11) is 1.60. The summed E-state index contributed by atoms with van der Waals surface area (Å²) in [6, 6.07) is -0.595. The fraction of sp³-hybridized carbons (Fsp3) is 0.750. The number of carbonyl (C=O) groups excluding carboxylic acids is 3. The van der Waals surface area contributed by atoms with Gasteiger partial charge in [-0.1, -0.05) is 13.8 Å². The summed E-state index contributed by atoms with van der Waals surface area (Å²) in [5.41, 5.74) is 5.33. The molecule has 0 aliphatic carbocycles. The van der Waals surface area contributed by atoms with Crippen molar-refractivity contribution < 1.29 is 14.4 Å². The number of nitrogens with two attached hydrogens (primary N) is 1. The molecular formula is C12H21N3O3. The Labute approximate surface area is 107 Å². The molecule has 3 amide bonds. The van der Waals surface area contributed by atoms with E-state index in [1.54, 1.807) is 11.9 Å². The van der Waals surface area contributed by atoms with E-state index in [-0.39, 0.29) is 17.7 Å². The third kappa shape index (κ3) is 3.00. The van der Waals surface area contributed by atoms with E-state index in [1.165, 1.54) is 4.90 Å². The molecule has 18 heavy (non-hydrogen) atoms. The van der Waals surface area contributed by atoms with Gasteiger partial charge in [0.05, 0.1) is 5.92 Å². The predicted molar refractivity (Wildman–Crippen MR) is 66.3 cm³/mol. The minimum Gasteiger partial charge on any atom is -0.368 e. The van der Waals surface area contributed by atoms with Gasteiger partial charge in [0.25, 0.3) is 0 Å². The summed E-state index contributed by atoms with van der Waals surface area (Å²) < 4.78 is 0. The first kappa shape index (κ1) is 14.5. The van der Waals surface area contributed by atoms with Crippen LogP contribution in [0.3, 0.4) is 0 Å². The molecule has 0 bridgehead atoms. The van der Waals surface area contributed by atoms with Crippen LogP contribution in [0, 0.1) is 11.8 Å². The van der Waals surface area contributed by atoms with Gasteiger partial charge in [-0.3, -0.25) is 14.4 Å². The van der Waals surface area contributed by atoms with Crippen molar-refractivity contribution in [3.8, 4) is 0 Å². The van der Waals surface area contributed by atoms with Gasteiger partial charge in [-0.25, -0.2) is 0 Å². The Bertz CT molecular complexity index is 343. The Morgan fingerprint density at radius 3 is 2.44 bits per heavy atom. The van der Waals surface area contributed by atoms with E-state index < -0.39 is 11.9 Å². The highest BCUT2D eigenvalue weighted by atomic mass is 16.2. The van der Waals surface area contributed by atoms with Gasteiger partial charge in [0.2, 0.25) is 18.2 Å². The normalized spacial score (nSPS) is 20.9. The fourth-order valence-electron chi connectivity index (χ4n) is 2.48. The van der Waals surface area contributed by atoms with Crippen molar-refractivity contribution in [2.24, 2.45) is 17.6 Å². The Kier molecular flexibility index (Phi) is 4.69. The number of carbonyl (C=O) groups is 3. The Morgan fingerprint density at radius 2 is 2.06 bits per heavy atom. The third-order valence-corrected chi connectivity index (χ3v) is 3.41. The molecular weight excluding hydrogens is 234 g/mol. The van der Waals surface area contributed by atoms with Crippen molar-refractivity contribution in [3.63, 3.8) is 0 Å². The van der Waals surface area contributed by atoms with E-state index in [0.29, 0.717) is 19.5 Å². The average Bonchev–Trinajstić information content (AvgIpc) is 2.75. The molecule has 0 radical (unpaired) electrons. The maximum atomic E-state index is 12.2. The molecule has 1 heterocycles. The molecule has 0 aromatic rings. The van der Waals surface area contributed by atoms with Gasteiger partial charge in [0, 0.05) is 20.1 Å². The number of primary amides is 1. The molecule has 0 saturated carbocycles. The zero-order valence-corrected chi connectivity index (χ0v) is 11.1. The molecule has 102 valence electrons. The zero-order chi connectivity index (χ0) is 13.9. The highest BCUT2D eigenvalue weighted by Crippen LogP contribution is 2.19. The molecule has 0 spiro atoms. The summed E-state index contributed by atoms with van der Waals surface area (Å²) in [6.45, 7) is 4.73. The first-order chi connectivity index (χ1) is 8.38. The van der Waals surface area contributed by atoms with E-state index in [9.17, 15) is 14.4 Å². The van der Waals surface area contributed by atoms with E-state index in [4.69, 9.17) is 5.73 Å². The number of hydrogen-bond acceptors (Lipinski definition) is 3. The van der Waals surface area contributed by atoms with Crippen LogP contribution in [-0.2, 0) is 14.4 Å². The van der Waals surface area contributed by atoms with Gasteiger partial charge in [-0.2, -0.15) is 0 Å². The van der Waals surface area contributed by atoms with Crippen LogP contribution in [0.4, 0.5) is 0 Å². The van der Waals surface area contributed by atoms with Crippen LogP contribution < -0.4 is 5.73 Å². The van der Waals surface area contributed by atoms with Crippen molar-refractivity contribution in [3.05, 3.63) is 0 Å². The highest BCUT2D eigenvalue weighted by molar-refractivity contribution is 5.88. The molecule has 0 aromatic heterocycles. The van der Waals surface area contributed by atoms with Crippen LogP contribution in [0.1, 0.15) is 20.3 Å². The summed E-state index contributed by atoms with van der Waals surface area (Å²) in [6.07, 6.45) is 1.40. The van der Waals surface area contributed by atoms with Crippen LogP contribution in [0.2, 0.25) is 0 Å². The topological polar surface area (TPSA) is 83.7 Å². The number of amides is 3. The predicted octanol–water partition coefficient (Wildman–Crippen LogP) is -0.567. The van der Waals surface area contributed by atoms with Crippen molar-refractivity contribution >= 4 is 18.2 Å². The number of likely N-dealkylation sites (tertiary alicyclic amines) is 1. The standard InChI is InChI=1S/C12H21N3O3/c1-8(2)10(11(13)17)14(3)12(18)9-4-5-15(6-9)7-16/h7-10H,4-6H2,1-3H3,(H2,13,17)/t9-,10-/m0/s1. The molecule has 1 fully saturated rings. The Balaban J connectivity index is 2.71. The molecule has 1 saturated heterocycles. The smallest absolute Gasteiger partial charge is 0.240 e. The molecule has 2 N–H and O–H groups in total. The Hall–Kier alpha value is -1.59. The summed E-state index contributed by atoms with van der Waals surface area (Å²) in [5.74, 6) is -0.858. The lowest BCUT2D eigenvalue weighted by molar-refractivity contribution is -0.142. The molecule has 2 atom stereocenters. The molecule has 6 nitrogen and oxygen atoms in total. The average molecular weight is 255 g/mol. The molecule has 1 rings (SSSR count). The van der Waals surface area contributed by atoms with Crippen LogP contribution >= 0.6 is 0 Å². The number of hydrogen-bond donors (Lipinski definition) is 1. The summed E-state index contributed by atoms with van der Waals surface area (Å²) in [5, 5.41) is 0. The van der Waals surface area contributed by atoms with Gasteiger partial charge >= 0.3 is 0 Å². The monoisotopic (exact) mass is 255 g/mol. The molecule has 1 aliphatic rings. The van der Waals surface area contributed by atoms with Gasteiger partial charge in [0.1, 0.15) is 6.04 Å². The molecule has 6 heteroatoms. The van der Waals surface area contributed by atoms with Gasteiger partial charge in [-0.05, 0) is 12.3 Å². The lowest BCUT2D eigenvalue weighted by atomic mass is 9.99. The van der Waals surface area contributed by atoms with Crippen LogP contribution in [-0.4, -0.2) is 54.2 Å². The second kappa shape index (κ2) is 5.84. The molecule has 0 aromatic carbocycles. The van der Waals surface area contributed by atoms with Gasteiger partial charge in [-0.15, -0.1) is 0 Å². The van der Waals surface area contributed by atoms with Crippen LogP contribution in [0.25, 0.3) is 0 Å².